The molecule has 3 rings (SSSR count). The van der Waals surface area contributed by atoms with Gasteiger partial charge in [-0.15, -0.1) is 11.3 Å². The zero-order valence-electron chi connectivity index (χ0n) is 14.2. The van der Waals surface area contributed by atoms with Crippen molar-refractivity contribution in [3.8, 4) is 5.75 Å². The predicted octanol–water partition coefficient (Wildman–Crippen LogP) is 3.32. The van der Waals surface area contributed by atoms with E-state index >= 15 is 0 Å². The number of hydrogen-bond acceptors (Lipinski definition) is 4. The molecule has 132 valence electrons. The molecular weight excluding hydrogens is 336 g/mol. The van der Waals surface area contributed by atoms with E-state index in [2.05, 4.69) is 22.1 Å². The van der Waals surface area contributed by atoms with E-state index < -0.39 is 11.8 Å². The first-order valence-electron chi connectivity index (χ1n) is 8.41. The quantitative estimate of drug-likeness (QED) is 0.806. The van der Waals surface area contributed by atoms with Gasteiger partial charge in [0.2, 0.25) is 0 Å². The first-order valence-corrected chi connectivity index (χ1v) is 9.29. The van der Waals surface area contributed by atoms with Gasteiger partial charge >= 0.3 is 11.8 Å². The summed E-state index contributed by atoms with van der Waals surface area (Å²) in [5.74, 6) is -0.771. The fourth-order valence-electron chi connectivity index (χ4n) is 3.40. The van der Waals surface area contributed by atoms with Crippen LogP contribution in [-0.2, 0) is 15.0 Å². The van der Waals surface area contributed by atoms with Crippen LogP contribution < -0.4 is 15.4 Å². The normalized spacial score (nSPS) is 15.6. The molecule has 0 atom stereocenters. The van der Waals surface area contributed by atoms with Crippen LogP contribution >= 0.6 is 11.3 Å². The third kappa shape index (κ3) is 3.85. The summed E-state index contributed by atoms with van der Waals surface area (Å²) in [7, 11) is 1.52. The molecule has 0 bridgehead atoms. The van der Waals surface area contributed by atoms with Crippen molar-refractivity contribution in [2.75, 3.05) is 19.0 Å². The zero-order valence-corrected chi connectivity index (χ0v) is 15.0. The van der Waals surface area contributed by atoms with Crippen molar-refractivity contribution in [1.29, 1.82) is 0 Å². The van der Waals surface area contributed by atoms with E-state index in [9.17, 15) is 9.59 Å². The number of carbonyl (C=O) groups excluding carboxylic acids is 2. The molecule has 2 aromatic rings. The van der Waals surface area contributed by atoms with Crippen molar-refractivity contribution in [1.82, 2.24) is 5.32 Å². The van der Waals surface area contributed by atoms with E-state index in [1.165, 1.54) is 12.0 Å². The second kappa shape index (κ2) is 7.70. The fraction of sp³-hybridized carbons (Fsp3) is 0.368. The molecule has 1 aliphatic carbocycles. The molecular formula is C19H22N2O3S. The van der Waals surface area contributed by atoms with E-state index in [-0.39, 0.29) is 5.41 Å². The summed E-state index contributed by atoms with van der Waals surface area (Å²) in [5, 5.41) is 7.50. The van der Waals surface area contributed by atoms with Crippen LogP contribution in [-0.4, -0.2) is 25.5 Å². The number of para-hydroxylation sites is 2. The smallest absolute Gasteiger partial charge is 0.313 e. The molecule has 0 aliphatic heterocycles. The van der Waals surface area contributed by atoms with Crippen LogP contribution in [0.5, 0.6) is 5.75 Å². The predicted molar refractivity (Wildman–Crippen MR) is 99.1 cm³/mol. The van der Waals surface area contributed by atoms with Gasteiger partial charge in [0.25, 0.3) is 0 Å². The van der Waals surface area contributed by atoms with Crippen molar-refractivity contribution in [2.45, 2.75) is 31.1 Å². The molecule has 6 heteroatoms. The summed E-state index contributed by atoms with van der Waals surface area (Å²) in [6.07, 6.45) is 4.40. The van der Waals surface area contributed by atoms with Gasteiger partial charge in [0.15, 0.2) is 0 Å². The molecule has 0 saturated heterocycles. The van der Waals surface area contributed by atoms with Gasteiger partial charge in [0.05, 0.1) is 12.8 Å². The standard InChI is InChI=1S/C19H22N2O3S/c1-24-15-8-3-2-7-14(15)21-18(23)17(22)20-13-19(10-4-5-11-19)16-9-6-12-25-16/h2-3,6-9,12H,4-5,10-11,13H2,1H3,(H,20,22)(H,21,23). The average Bonchev–Trinajstić information content (AvgIpc) is 3.32. The van der Waals surface area contributed by atoms with E-state index in [1.807, 2.05) is 6.07 Å². The second-order valence-corrected chi connectivity index (χ2v) is 7.25. The van der Waals surface area contributed by atoms with Crippen LogP contribution in [0.25, 0.3) is 0 Å². The molecule has 5 nitrogen and oxygen atoms in total. The molecule has 0 unspecified atom stereocenters. The number of nitrogens with one attached hydrogen (secondary N) is 2. The van der Waals surface area contributed by atoms with Crippen LogP contribution in [0.3, 0.4) is 0 Å². The van der Waals surface area contributed by atoms with Crippen LogP contribution in [0.1, 0.15) is 30.6 Å². The van der Waals surface area contributed by atoms with E-state index in [1.54, 1.807) is 35.6 Å². The highest BCUT2D eigenvalue weighted by Gasteiger charge is 2.37. The van der Waals surface area contributed by atoms with Gasteiger partial charge in [-0.1, -0.05) is 31.0 Å². The first kappa shape index (κ1) is 17.5. The van der Waals surface area contributed by atoms with Crippen molar-refractivity contribution in [2.24, 2.45) is 0 Å². The Balaban J connectivity index is 1.63. The Hall–Kier alpha value is -2.34. The maximum atomic E-state index is 12.3. The Morgan fingerprint density at radius 1 is 1.12 bits per heavy atom. The minimum absolute atomic E-state index is 0.0332. The lowest BCUT2D eigenvalue weighted by Gasteiger charge is -2.28. The SMILES string of the molecule is COc1ccccc1NC(=O)C(=O)NCC1(c2cccs2)CCCC1. The molecule has 1 fully saturated rings. The molecule has 1 heterocycles. The van der Waals surface area contributed by atoms with Gasteiger partial charge in [0.1, 0.15) is 5.75 Å². The van der Waals surface area contributed by atoms with Gasteiger partial charge < -0.3 is 15.4 Å². The van der Waals surface area contributed by atoms with Crippen molar-refractivity contribution in [3.05, 3.63) is 46.7 Å². The number of hydrogen-bond donors (Lipinski definition) is 2. The Morgan fingerprint density at radius 3 is 2.56 bits per heavy atom. The van der Waals surface area contributed by atoms with Gasteiger partial charge in [-0.2, -0.15) is 0 Å². The van der Waals surface area contributed by atoms with Crippen LogP contribution in [0.2, 0.25) is 0 Å². The lowest BCUT2D eigenvalue weighted by molar-refractivity contribution is -0.136. The number of rotatable bonds is 5. The average molecular weight is 358 g/mol. The summed E-state index contributed by atoms with van der Waals surface area (Å²) in [5.41, 5.74) is 0.452. The number of amides is 2. The number of methoxy groups -OCH3 is 1. The van der Waals surface area contributed by atoms with Crippen molar-refractivity contribution in [3.63, 3.8) is 0 Å². The molecule has 1 aromatic carbocycles. The van der Waals surface area contributed by atoms with Crippen LogP contribution in [0.15, 0.2) is 41.8 Å². The van der Waals surface area contributed by atoms with Crippen molar-refractivity contribution >= 4 is 28.8 Å². The maximum absolute atomic E-state index is 12.3. The monoisotopic (exact) mass is 358 g/mol. The minimum Gasteiger partial charge on any atom is -0.495 e. The fourth-order valence-corrected chi connectivity index (χ4v) is 4.39. The summed E-state index contributed by atoms with van der Waals surface area (Å²) < 4.78 is 5.19. The van der Waals surface area contributed by atoms with Gasteiger partial charge in [-0.25, -0.2) is 0 Å². The molecule has 1 aliphatic rings. The zero-order chi connectivity index (χ0) is 17.7. The first-order chi connectivity index (χ1) is 12.1. The highest BCUT2D eigenvalue weighted by atomic mass is 32.1. The van der Waals surface area contributed by atoms with E-state index in [0.717, 1.165) is 25.7 Å². The molecule has 1 aromatic heterocycles. The topological polar surface area (TPSA) is 67.4 Å². The summed E-state index contributed by atoms with van der Waals surface area (Å²) >= 11 is 1.72. The van der Waals surface area contributed by atoms with Gasteiger partial charge in [-0.3, -0.25) is 9.59 Å². The largest absolute Gasteiger partial charge is 0.495 e. The van der Waals surface area contributed by atoms with Gasteiger partial charge in [-0.05, 0) is 36.4 Å². The molecule has 25 heavy (non-hydrogen) atoms. The summed E-state index contributed by atoms with van der Waals surface area (Å²) in [6.45, 7) is 0.492. The number of benzene rings is 1. The van der Waals surface area contributed by atoms with E-state index in [0.29, 0.717) is 18.0 Å². The summed E-state index contributed by atoms with van der Waals surface area (Å²) in [6, 6.07) is 11.2. The third-order valence-electron chi connectivity index (χ3n) is 4.75. The maximum Gasteiger partial charge on any atom is 0.313 e. The minimum atomic E-state index is -0.677. The molecule has 2 N–H and O–H groups in total. The third-order valence-corrected chi connectivity index (χ3v) is 5.87. The lowest BCUT2D eigenvalue weighted by Crippen LogP contribution is -2.43. The second-order valence-electron chi connectivity index (χ2n) is 6.30. The highest BCUT2D eigenvalue weighted by molar-refractivity contribution is 7.10. The Morgan fingerprint density at radius 2 is 1.88 bits per heavy atom. The van der Waals surface area contributed by atoms with Gasteiger partial charge in [0, 0.05) is 16.8 Å². The number of anilines is 1. The van der Waals surface area contributed by atoms with Crippen molar-refractivity contribution < 1.29 is 14.3 Å². The molecule has 0 spiro atoms. The Labute approximate surface area is 151 Å². The highest BCUT2D eigenvalue weighted by Crippen LogP contribution is 2.42. The van der Waals surface area contributed by atoms with E-state index in [4.69, 9.17) is 4.74 Å². The molecule has 1 saturated carbocycles. The number of thiophene rings is 1. The van der Waals surface area contributed by atoms with Crippen LogP contribution in [0, 0.1) is 0 Å². The lowest BCUT2D eigenvalue weighted by atomic mass is 9.84. The molecule has 2 amide bonds. The van der Waals surface area contributed by atoms with Crippen LogP contribution in [0.4, 0.5) is 5.69 Å². The number of ether oxygens (including phenoxy) is 1. The summed E-state index contributed by atoms with van der Waals surface area (Å²) in [4.78, 5) is 25.7. The molecule has 0 radical (unpaired) electrons. The Kier molecular flexibility index (Phi) is 5.38. The number of carbonyl (C=O) groups is 2. The Bertz CT molecular complexity index is 737.